The van der Waals surface area contributed by atoms with E-state index in [9.17, 15) is 18.0 Å². The maximum Gasteiger partial charge on any atom is 0.416 e. The summed E-state index contributed by atoms with van der Waals surface area (Å²) in [6.07, 6.45) is -4.54. The van der Waals surface area contributed by atoms with Crippen LogP contribution in [0.25, 0.3) is 0 Å². The van der Waals surface area contributed by atoms with Crippen LogP contribution in [0.5, 0.6) is 11.5 Å². The monoisotopic (exact) mass is 368 g/mol. The molecule has 2 aromatic carbocycles. The molecule has 26 heavy (non-hydrogen) atoms. The van der Waals surface area contributed by atoms with E-state index in [1.807, 2.05) is 0 Å². The summed E-state index contributed by atoms with van der Waals surface area (Å²) in [5.41, 5.74) is 2.20. The van der Waals surface area contributed by atoms with Crippen LogP contribution in [0.3, 0.4) is 0 Å². The van der Waals surface area contributed by atoms with Crippen molar-refractivity contribution in [2.45, 2.75) is 25.4 Å². The maximum atomic E-state index is 12.5. The lowest BCUT2D eigenvalue weighted by Crippen LogP contribution is -2.43. The Balaban J connectivity index is 1.59. The van der Waals surface area contributed by atoms with Crippen LogP contribution in [0, 0.1) is 0 Å². The molecule has 1 atom stereocenters. The number of rotatable bonds is 4. The minimum Gasteiger partial charge on any atom is -0.489 e. The van der Waals surface area contributed by atoms with Crippen molar-refractivity contribution in [1.29, 1.82) is 0 Å². The Bertz CT molecular complexity index is 794. The molecule has 9 heteroatoms. The zero-order chi connectivity index (χ0) is 18.7. The zero-order valence-electron chi connectivity index (χ0n) is 13.3. The molecule has 3 rings (SSSR count). The SMILES string of the molecule is O=C(NO)NC1Cc2ccc(OCc3ccc(C(F)(F)F)cc3)cc2O1. The van der Waals surface area contributed by atoms with Crippen LogP contribution < -0.4 is 20.3 Å². The van der Waals surface area contributed by atoms with Crippen molar-refractivity contribution in [2.75, 3.05) is 0 Å². The minimum atomic E-state index is -4.37. The number of hydrogen-bond donors (Lipinski definition) is 3. The molecule has 0 aromatic heterocycles. The number of amides is 2. The smallest absolute Gasteiger partial charge is 0.416 e. The average Bonchev–Trinajstić information content (AvgIpc) is 3.00. The second-order valence-electron chi connectivity index (χ2n) is 5.65. The number of fused-ring (bicyclic) bond motifs is 1. The molecule has 1 aliphatic rings. The average molecular weight is 368 g/mol. The molecule has 0 aliphatic carbocycles. The van der Waals surface area contributed by atoms with Crippen molar-refractivity contribution in [3.8, 4) is 11.5 Å². The molecule has 3 N–H and O–H groups in total. The molecular formula is C17H15F3N2O4. The van der Waals surface area contributed by atoms with Crippen LogP contribution in [0.4, 0.5) is 18.0 Å². The maximum absolute atomic E-state index is 12.5. The Morgan fingerprint density at radius 2 is 1.96 bits per heavy atom. The molecule has 0 fully saturated rings. The van der Waals surface area contributed by atoms with Crippen LogP contribution in [-0.2, 0) is 19.2 Å². The summed E-state index contributed by atoms with van der Waals surface area (Å²) >= 11 is 0. The predicted octanol–water partition coefficient (Wildman–Crippen LogP) is 3.23. The van der Waals surface area contributed by atoms with Gasteiger partial charge in [-0.2, -0.15) is 13.2 Å². The van der Waals surface area contributed by atoms with Crippen molar-refractivity contribution < 1.29 is 32.6 Å². The van der Waals surface area contributed by atoms with E-state index in [4.69, 9.17) is 14.7 Å². The summed E-state index contributed by atoms with van der Waals surface area (Å²) in [5, 5.41) is 10.9. The zero-order valence-corrected chi connectivity index (χ0v) is 13.3. The Morgan fingerprint density at radius 1 is 1.23 bits per heavy atom. The topological polar surface area (TPSA) is 79.8 Å². The van der Waals surface area contributed by atoms with E-state index in [-0.39, 0.29) is 6.61 Å². The van der Waals surface area contributed by atoms with E-state index in [0.717, 1.165) is 17.7 Å². The number of hydroxylamine groups is 1. The standard InChI is InChI=1S/C17H15F3N2O4/c18-17(19,20)12-4-1-10(2-5-12)9-25-13-6-3-11-7-15(21-16(23)22-24)26-14(11)8-13/h1-6,8,15,24H,7,9H2,(H2,21,22,23). The molecule has 0 radical (unpaired) electrons. The first-order valence-electron chi connectivity index (χ1n) is 7.64. The number of carbonyl (C=O) groups is 1. The van der Waals surface area contributed by atoms with E-state index in [2.05, 4.69) is 5.32 Å². The van der Waals surface area contributed by atoms with Crippen LogP contribution in [0.15, 0.2) is 42.5 Å². The first-order valence-corrected chi connectivity index (χ1v) is 7.64. The van der Waals surface area contributed by atoms with Gasteiger partial charge in [-0.25, -0.2) is 10.3 Å². The summed E-state index contributed by atoms with van der Waals surface area (Å²) in [5.74, 6) is 1.01. The number of alkyl halides is 3. The largest absolute Gasteiger partial charge is 0.489 e. The molecule has 6 nitrogen and oxygen atoms in total. The highest BCUT2D eigenvalue weighted by atomic mass is 19.4. The van der Waals surface area contributed by atoms with Gasteiger partial charge in [-0.05, 0) is 23.8 Å². The predicted molar refractivity (Wildman–Crippen MR) is 83.8 cm³/mol. The van der Waals surface area contributed by atoms with Gasteiger partial charge < -0.3 is 14.8 Å². The van der Waals surface area contributed by atoms with Crippen LogP contribution in [-0.4, -0.2) is 17.5 Å². The highest BCUT2D eigenvalue weighted by Crippen LogP contribution is 2.32. The lowest BCUT2D eigenvalue weighted by Gasteiger charge is -2.12. The molecule has 0 spiro atoms. The van der Waals surface area contributed by atoms with Gasteiger partial charge in [0.1, 0.15) is 18.1 Å². The van der Waals surface area contributed by atoms with Gasteiger partial charge in [0.05, 0.1) is 5.56 Å². The van der Waals surface area contributed by atoms with E-state index < -0.39 is 24.0 Å². The van der Waals surface area contributed by atoms with E-state index >= 15 is 0 Å². The molecule has 1 heterocycles. The summed E-state index contributed by atoms with van der Waals surface area (Å²) < 4.78 is 48.7. The van der Waals surface area contributed by atoms with E-state index in [1.54, 1.807) is 18.2 Å². The van der Waals surface area contributed by atoms with Crippen molar-refractivity contribution in [1.82, 2.24) is 10.8 Å². The summed E-state index contributed by atoms with van der Waals surface area (Å²) in [7, 11) is 0. The first kappa shape index (κ1) is 17.9. The fourth-order valence-electron chi connectivity index (χ4n) is 2.51. The molecule has 0 saturated carbocycles. The molecular weight excluding hydrogens is 353 g/mol. The van der Waals surface area contributed by atoms with Crippen LogP contribution in [0.2, 0.25) is 0 Å². The van der Waals surface area contributed by atoms with Gasteiger partial charge in [-0.1, -0.05) is 18.2 Å². The second-order valence-corrected chi connectivity index (χ2v) is 5.65. The van der Waals surface area contributed by atoms with Crippen molar-refractivity contribution in [3.05, 3.63) is 59.2 Å². The van der Waals surface area contributed by atoms with Gasteiger partial charge in [0.15, 0.2) is 6.23 Å². The molecule has 138 valence electrons. The normalized spacial score (nSPS) is 15.8. The van der Waals surface area contributed by atoms with E-state index in [1.165, 1.54) is 17.6 Å². The summed E-state index contributed by atoms with van der Waals surface area (Å²) in [6, 6.07) is 9.08. The molecule has 0 bridgehead atoms. The van der Waals surface area contributed by atoms with Gasteiger partial charge in [0.25, 0.3) is 0 Å². The number of nitrogens with one attached hydrogen (secondary N) is 2. The lowest BCUT2D eigenvalue weighted by molar-refractivity contribution is -0.137. The summed E-state index contributed by atoms with van der Waals surface area (Å²) in [6.45, 7) is 0.103. The lowest BCUT2D eigenvalue weighted by atomic mass is 10.1. The third-order valence-corrected chi connectivity index (χ3v) is 3.79. The number of ether oxygens (including phenoxy) is 2. The third kappa shape index (κ3) is 4.17. The Hall–Kier alpha value is -2.94. The van der Waals surface area contributed by atoms with Gasteiger partial charge in [-0.3, -0.25) is 5.21 Å². The fraction of sp³-hybridized carbons (Fsp3) is 0.235. The Kier molecular flexibility index (Phi) is 4.90. The van der Waals surface area contributed by atoms with Crippen LogP contribution >= 0.6 is 0 Å². The quantitative estimate of drug-likeness (QED) is 0.572. The minimum absolute atomic E-state index is 0.103. The van der Waals surface area contributed by atoms with Gasteiger partial charge in [0, 0.05) is 18.1 Å². The molecule has 2 amide bonds. The second kappa shape index (κ2) is 7.12. The van der Waals surface area contributed by atoms with Gasteiger partial charge >= 0.3 is 12.2 Å². The third-order valence-electron chi connectivity index (χ3n) is 3.79. The van der Waals surface area contributed by atoms with E-state index in [0.29, 0.717) is 23.5 Å². The number of benzene rings is 2. The van der Waals surface area contributed by atoms with Crippen LogP contribution in [0.1, 0.15) is 16.7 Å². The number of urea groups is 1. The number of halogens is 3. The highest BCUT2D eigenvalue weighted by Gasteiger charge is 2.30. The number of hydrogen-bond acceptors (Lipinski definition) is 4. The van der Waals surface area contributed by atoms with Crippen molar-refractivity contribution in [2.24, 2.45) is 0 Å². The summed E-state index contributed by atoms with van der Waals surface area (Å²) in [4.78, 5) is 11.1. The molecule has 2 aromatic rings. The Labute approximate surface area is 146 Å². The fourth-order valence-corrected chi connectivity index (χ4v) is 2.51. The Morgan fingerprint density at radius 3 is 2.62 bits per heavy atom. The van der Waals surface area contributed by atoms with Gasteiger partial charge in [-0.15, -0.1) is 0 Å². The number of carbonyl (C=O) groups excluding carboxylic acids is 1. The van der Waals surface area contributed by atoms with Crippen molar-refractivity contribution >= 4 is 6.03 Å². The highest BCUT2D eigenvalue weighted by molar-refractivity contribution is 5.72. The van der Waals surface area contributed by atoms with Crippen molar-refractivity contribution in [3.63, 3.8) is 0 Å². The van der Waals surface area contributed by atoms with Gasteiger partial charge in [0.2, 0.25) is 0 Å². The molecule has 0 saturated heterocycles. The first-order chi connectivity index (χ1) is 12.3. The molecule has 1 unspecified atom stereocenters. The molecule has 1 aliphatic heterocycles.